The molecule has 2 aromatic rings. The molecule has 0 unspecified atom stereocenters. The molecule has 0 bridgehead atoms. The first kappa shape index (κ1) is 11.1. The van der Waals surface area contributed by atoms with Gasteiger partial charge in [0.2, 0.25) is 0 Å². The van der Waals surface area contributed by atoms with Crippen LogP contribution >= 0.6 is 33.9 Å². The summed E-state index contributed by atoms with van der Waals surface area (Å²) in [7, 11) is 0. The van der Waals surface area contributed by atoms with Crippen molar-refractivity contribution >= 4 is 33.9 Å². The Balaban J connectivity index is 2.54. The Kier molecular flexibility index (Phi) is 3.16. The molecule has 0 aliphatic rings. The summed E-state index contributed by atoms with van der Waals surface area (Å²) in [5.41, 5.74) is 4.08. The van der Waals surface area contributed by atoms with Gasteiger partial charge in [0.25, 0.3) is 0 Å². The highest BCUT2D eigenvalue weighted by atomic mass is 127. The molecule has 0 N–H and O–H groups in total. The lowest BCUT2D eigenvalue weighted by Gasteiger charge is -1.99. The topological polar surface area (TPSA) is 0 Å². The molecule has 0 fully saturated rings. The zero-order valence-corrected chi connectivity index (χ0v) is 12.1. The Hall–Kier alpha value is -0.350. The van der Waals surface area contributed by atoms with Crippen molar-refractivity contribution in [1.82, 2.24) is 0 Å². The van der Waals surface area contributed by atoms with Crippen LogP contribution in [0.3, 0.4) is 0 Å². The van der Waals surface area contributed by atoms with E-state index in [1.807, 2.05) is 11.3 Å². The molecular weight excluding hydrogens is 315 g/mol. The molecule has 0 radical (unpaired) electrons. The van der Waals surface area contributed by atoms with Gasteiger partial charge in [-0.15, -0.1) is 11.3 Å². The molecule has 2 rings (SSSR count). The molecule has 0 saturated carbocycles. The average molecular weight is 328 g/mol. The minimum absolute atomic E-state index is 1.32. The van der Waals surface area contributed by atoms with Gasteiger partial charge < -0.3 is 0 Å². The first-order valence-corrected chi connectivity index (χ1v) is 6.81. The van der Waals surface area contributed by atoms with E-state index in [2.05, 4.69) is 67.6 Å². The summed E-state index contributed by atoms with van der Waals surface area (Å²) in [4.78, 5) is 2.83. The normalized spacial score (nSPS) is 10.7. The molecule has 1 aromatic carbocycles. The third kappa shape index (κ3) is 2.11. The molecule has 0 amide bonds. The summed E-state index contributed by atoms with van der Waals surface area (Å²) >= 11 is 4.34. The largest absolute Gasteiger partial charge is 0.139 e. The van der Waals surface area contributed by atoms with Crippen LogP contribution in [-0.2, 0) is 0 Å². The van der Waals surface area contributed by atoms with Crippen molar-refractivity contribution in [3.05, 3.63) is 43.8 Å². The monoisotopic (exact) mass is 328 g/mol. The number of halogens is 1. The molecule has 1 aromatic heterocycles. The van der Waals surface area contributed by atoms with Gasteiger partial charge in [0, 0.05) is 13.3 Å². The molecule has 0 aliphatic heterocycles. The third-order valence-electron chi connectivity index (χ3n) is 2.63. The maximum absolute atomic E-state index is 2.45. The fourth-order valence-corrected chi connectivity index (χ4v) is 3.78. The molecule has 0 saturated heterocycles. The third-order valence-corrected chi connectivity index (χ3v) is 5.60. The minimum atomic E-state index is 1.32. The summed E-state index contributed by atoms with van der Waals surface area (Å²) in [5.74, 6) is 0. The van der Waals surface area contributed by atoms with Gasteiger partial charge in [-0.2, -0.15) is 0 Å². The van der Waals surface area contributed by atoms with Crippen LogP contribution in [0.25, 0.3) is 10.4 Å². The lowest BCUT2D eigenvalue weighted by atomic mass is 10.1. The van der Waals surface area contributed by atoms with Crippen LogP contribution in [0.1, 0.15) is 16.0 Å². The zero-order chi connectivity index (χ0) is 11.0. The number of rotatable bonds is 1. The van der Waals surface area contributed by atoms with Crippen LogP contribution in [0.5, 0.6) is 0 Å². The smallest absolute Gasteiger partial charge is 0.0481 e. The maximum Gasteiger partial charge on any atom is 0.0481 e. The van der Waals surface area contributed by atoms with Gasteiger partial charge in [0.05, 0.1) is 0 Å². The van der Waals surface area contributed by atoms with Gasteiger partial charge in [-0.25, -0.2) is 0 Å². The Morgan fingerprint density at radius 3 is 2.07 bits per heavy atom. The highest BCUT2D eigenvalue weighted by molar-refractivity contribution is 14.1. The molecule has 0 nitrogen and oxygen atoms in total. The minimum Gasteiger partial charge on any atom is -0.139 e. The first-order chi connectivity index (χ1) is 7.09. The second-order valence-electron chi connectivity index (χ2n) is 3.79. The standard InChI is InChI=1S/C13H13IS/c1-8-4-6-11(7-5-8)13-12(14)9(2)10(3)15-13/h4-7H,1-3H3. The van der Waals surface area contributed by atoms with Crippen molar-refractivity contribution in [3.63, 3.8) is 0 Å². The fourth-order valence-electron chi connectivity index (χ4n) is 1.49. The van der Waals surface area contributed by atoms with Gasteiger partial charge in [-0.05, 0) is 54.5 Å². The molecule has 0 spiro atoms. The molecule has 0 aliphatic carbocycles. The Morgan fingerprint density at radius 1 is 1.00 bits per heavy atom. The number of benzene rings is 1. The van der Waals surface area contributed by atoms with Crippen molar-refractivity contribution in [2.45, 2.75) is 20.8 Å². The van der Waals surface area contributed by atoms with Gasteiger partial charge in [0.1, 0.15) is 0 Å². The highest BCUT2D eigenvalue weighted by Crippen LogP contribution is 2.36. The van der Waals surface area contributed by atoms with E-state index in [0.717, 1.165) is 0 Å². The summed E-state index contributed by atoms with van der Waals surface area (Å²) in [6.07, 6.45) is 0. The van der Waals surface area contributed by atoms with Gasteiger partial charge in [-0.3, -0.25) is 0 Å². The van der Waals surface area contributed by atoms with Crippen LogP contribution in [0.2, 0.25) is 0 Å². The van der Waals surface area contributed by atoms with Crippen molar-refractivity contribution < 1.29 is 0 Å². The van der Waals surface area contributed by atoms with E-state index in [-0.39, 0.29) is 0 Å². The van der Waals surface area contributed by atoms with Crippen LogP contribution in [0, 0.1) is 24.3 Å². The number of aryl methyl sites for hydroxylation is 2. The number of hydrogen-bond acceptors (Lipinski definition) is 1. The van der Waals surface area contributed by atoms with Gasteiger partial charge >= 0.3 is 0 Å². The van der Waals surface area contributed by atoms with E-state index in [4.69, 9.17) is 0 Å². The zero-order valence-electron chi connectivity index (χ0n) is 9.10. The lowest BCUT2D eigenvalue weighted by molar-refractivity contribution is 1.41. The average Bonchev–Trinajstić information content (AvgIpc) is 2.47. The van der Waals surface area contributed by atoms with Crippen molar-refractivity contribution in [3.8, 4) is 10.4 Å². The number of thiophene rings is 1. The molecule has 15 heavy (non-hydrogen) atoms. The predicted molar refractivity (Wildman–Crippen MR) is 76.7 cm³/mol. The van der Waals surface area contributed by atoms with Gasteiger partial charge in [-0.1, -0.05) is 29.8 Å². The highest BCUT2D eigenvalue weighted by Gasteiger charge is 2.11. The maximum atomic E-state index is 2.45. The number of hydrogen-bond donors (Lipinski definition) is 0. The van der Waals surface area contributed by atoms with Crippen molar-refractivity contribution in [2.24, 2.45) is 0 Å². The van der Waals surface area contributed by atoms with Crippen LogP contribution in [0.15, 0.2) is 24.3 Å². The summed E-state index contributed by atoms with van der Waals surface area (Å²) in [6, 6.07) is 8.77. The summed E-state index contributed by atoms with van der Waals surface area (Å²) in [6.45, 7) is 6.52. The van der Waals surface area contributed by atoms with Gasteiger partial charge in [0.15, 0.2) is 0 Å². The fraction of sp³-hybridized carbons (Fsp3) is 0.231. The predicted octanol–water partition coefficient (Wildman–Crippen LogP) is 4.94. The molecule has 2 heteroatoms. The Labute approximate surface area is 108 Å². The van der Waals surface area contributed by atoms with E-state index >= 15 is 0 Å². The summed E-state index contributed by atoms with van der Waals surface area (Å²) in [5, 5.41) is 0. The van der Waals surface area contributed by atoms with Crippen LogP contribution < -0.4 is 0 Å². The van der Waals surface area contributed by atoms with E-state index < -0.39 is 0 Å². The molecular formula is C13H13IS. The molecule has 0 atom stereocenters. The van der Waals surface area contributed by atoms with E-state index in [1.165, 1.54) is 30.0 Å². The van der Waals surface area contributed by atoms with E-state index in [0.29, 0.717) is 0 Å². The second-order valence-corrected chi connectivity index (χ2v) is 6.10. The van der Waals surface area contributed by atoms with E-state index in [9.17, 15) is 0 Å². The SMILES string of the molecule is Cc1ccc(-c2sc(C)c(C)c2I)cc1. The Morgan fingerprint density at radius 2 is 1.60 bits per heavy atom. The van der Waals surface area contributed by atoms with Crippen molar-refractivity contribution in [2.75, 3.05) is 0 Å². The van der Waals surface area contributed by atoms with Crippen LogP contribution in [0.4, 0.5) is 0 Å². The van der Waals surface area contributed by atoms with Crippen LogP contribution in [-0.4, -0.2) is 0 Å². The first-order valence-electron chi connectivity index (χ1n) is 4.92. The van der Waals surface area contributed by atoms with E-state index in [1.54, 1.807) is 0 Å². The summed E-state index contributed by atoms with van der Waals surface area (Å²) < 4.78 is 1.40. The Bertz CT molecular complexity index is 480. The second kappa shape index (κ2) is 4.26. The molecule has 78 valence electrons. The van der Waals surface area contributed by atoms with Crippen molar-refractivity contribution in [1.29, 1.82) is 0 Å². The molecule has 1 heterocycles. The quantitative estimate of drug-likeness (QED) is 0.650. The lowest BCUT2D eigenvalue weighted by Crippen LogP contribution is -1.78.